The highest BCUT2D eigenvalue weighted by molar-refractivity contribution is 6.30. The average molecular weight is 279 g/mol. The summed E-state index contributed by atoms with van der Waals surface area (Å²) in [5.41, 5.74) is 1.03. The first-order valence-corrected chi connectivity index (χ1v) is 6.78. The molecule has 7 heteroatoms. The first kappa shape index (κ1) is 12.3. The van der Waals surface area contributed by atoms with Gasteiger partial charge in [0.05, 0.1) is 6.54 Å². The van der Waals surface area contributed by atoms with Crippen molar-refractivity contribution in [3.8, 4) is 0 Å². The monoisotopic (exact) mass is 278 g/mol. The summed E-state index contributed by atoms with van der Waals surface area (Å²) in [5.74, 6) is 1.89. The van der Waals surface area contributed by atoms with Gasteiger partial charge in [0.1, 0.15) is 23.6 Å². The number of aromatic nitrogens is 5. The van der Waals surface area contributed by atoms with Crippen molar-refractivity contribution in [1.29, 1.82) is 0 Å². The zero-order chi connectivity index (χ0) is 13.2. The molecule has 3 heterocycles. The molecule has 2 aromatic heterocycles. The Morgan fingerprint density at radius 1 is 1.32 bits per heavy atom. The molecule has 100 valence electrons. The van der Waals surface area contributed by atoms with E-state index < -0.39 is 0 Å². The average Bonchev–Trinajstić information content (AvgIpc) is 2.88. The maximum Gasteiger partial charge on any atom is 0.152 e. The van der Waals surface area contributed by atoms with Gasteiger partial charge in [0.15, 0.2) is 5.82 Å². The molecule has 0 unspecified atom stereocenters. The largest absolute Gasteiger partial charge is 0.347 e. The Morgan fingerprint density at radius 3 is 3.05 bits per heavy atom. The van der Waals surface area contributed by atoms with Crippen LogP contribution in [0, 0.1) is 0 Å². The van der Waals surface area contributed by atoms with E-state index in [0.29, 0.717) is 11.7 Å². The smallest absolute Gasteiger partial charge is 0.152 e. The molecule has 6 nitrogen and oxygen atoms in total. The minimum absolute atomic E-state index is 0.555. The van der Waals surface area contributed by atoms with E-state index in [1.165, 1.54) is 6.33 Å². The number of anilines is 1. The third kappa shape index (κ3) is 2.28. The van der Waals surface area contributed by atoms with Gasteiger partial charge in [-0.1, -0.05) is 24.9 Å². The molecular formula is C12H15ClN6. The van der Waals surface area contributed by atoms with E-state index >= 15 is 0 Å². The minimum Gasteiger partial charge on any atom is -0.347 e. The highest BCUT2D eigenvalue weighted by Gasteiger charge is 2.22. The first-order valence-electron chi connectivity index (χ1n) is 6.40. The van der Waals surface area contributed by atoms with Crippen LogP contribution in [0.4, 0.5) is 5.82 Å². The Morgan fingerprint density at radius 2 is 2.21 bits per heavy atom. The van der Waals surface area contributed by atoms with Crippen LogP contribution in [0.5, 0.6) is 0 Å². The lowest BCUT2D eigenvalue weighted by Gasteiger charge is -2.29. The van der Waals surface area contributed by atoms with Crippen molar-refractivity contribution >= 4 is 17.4 Å². The molecule has 3 rings (SSSR count). The Kier molecular flexibility index (Phi) is 3.33. The van der Waals surface area contributed by atoms with E-state index in [9.17, 15) is 0 Å². The van der Waals surface area contributed by atoms with Crippen molar-refractivity contribution < 1.29 is 0 Å². The van der Waals surface area contributed by atoms with Crippen LogP contribution < -0.4 is 4.90 Å². The number of rotatable bonds is 3. The number of hydrogen-bond donors (Lipinski definition) is 0. The zero-order valence-electron chi connectivity index (χ0n) is 10.8. The molecule has 0 bridgehead atoms. The summed E-state index contributed by atoms with van der Waals surface area (Å²) >= 11 is 6.20. The van der Waals surface area contributed by atoms with E-state index in [2.05, 4.69) is 36.6 Å². The standard InChI is InChI=1S/C12H15ClN6/c1-2-3-9-11(13)14-7-15-12(9)18-4-5-19-8-16-17-10(19)6-18/h7-8H,2-6H2,1H3. The van der Waals surface area contributed by atoms with Crippen molar-refractivity contribution in [1.82, 2.24) is 24.7 Å². The minimum atomic E-state index is 0.555. The van der Waals surface area contributed by atoms with Gasteiger partial charge in [-0.3, -0.25) is 0 Å². The number of nitrogens with zero attached hydrogens (tertiary/aromatic N) is 6. The zero-order valence-corrected chi connectivity index (χ0v) is 11.5. The van der Waals surface area contributed by atoms with Gasteiger partial charge in [0.2, 0.25) is 0 Å². The molecule has 0 aliphatic carbocycles. The third-order valence-corrected chi connectivity index (χ3v) is 3.63. The van der Waals surface area contributed by atoms with Crippen molar-refractivity contribution in [3.05, 3.63) is 29.2 Å². The summed E-state index contributed by atoms with van der Waals surface area (Å²) in [7, 11) is 0. The highest BCUT2D eigenvalue weighted by Crippen LogP contribution is 2.27. The van der Waals surface area contributed by atoms with E-state index in [-0.39, 0.29) is 0 Å². The van der Waals surface area contributed by atoms with E-state index in [1.807, 2.05) is 0 Å². The second-order valence-electron chi connectivity index (χ2n) is 4.58. The fraction of sp³-hybridized carbons (Fsp3) is 0.500. The van der Waals surface area contributed by atoms with Crippen LogP contribution >= 0.6 is 11.6 Å². The van der Waals surface area contributed by atoms with Crippen LogP contribution in [0.3, 0.4) is 0 Å². The molecule has 1 aliphatic rings. The molecule has 1 aliphatic heterocycles. The van der Waals surface area contributed by atoms with Gasteiger partial charge < -0.3 is 9.47 Å². The lowest BCUT2D eigenvalue weighted by atomic mass is 10.1. The van der Waals surface area contributed by atoms with Gasteiger partial charge in [-0.15, -0.1) is 10.2 Å². The number of hydrogen-bond acceptors (Lipinski definition) is 5. The fourth-order valence-electron chi connectivity index (χ4n) is 2.37. The summed E-state index contributed by atoms with van der Waals surface area (Å²) in [6.45, 7) is 4.59. The van der Waals surface area contributed by atoms with E-state index in [1.54, 1.807) is 6.33 Å². The summed E-state index contributed by atoms with van der Waals surface area (Å²) in [6.07, 6.45) is 5.20. The van der Waals surface area contributed by atoms with Crippen LogP contribution in [0.1, 0.15) is 24.7 Å². The van der Waals surface area contributed by atoms with Crippen LogP contribution in [-0.2, 0) is 19.5 Å². The summed E-state index contributed by atoms with van der Waals surface area (Å²) in [6, 6.07) is 0. The molecule has 2 aromatic rings. The second-order valence-corrected chi connectivity index (χ2v) is 4.94. The number of fused-ring (bicyclic) bond motifs is 1. The lowest BCUT2D eigenvalue weighted by molar-refractivity contribution is 0.554. The maximum absolute atomic E-state index is 6.20. The molecule has 0 saturated carbocycles. The topological polar surface area (TPSA) is 59.7 Å². The van der Waals surface area contributed by atoms with Crippen molar-refractivity contribution in [2.75, 3.05) is 11.4 Å². The van der Waals surface area contributed by atoms with Crippen molar-refractivity contribution in [2.24, 2.45) is 0 Å². The van der Waals surface area contributed by atoms with Gasteiger partial charge in [-0.2, -0.15) is 0 Å². The Bertz CT molecular complexity index is 581. The highest BCUT2D eigenvalue weighted by atomic mass is 35.5. The Labute approximate surface area is 116 Å². The summed E-state index contributed by atoms with van der Waals surface area (Å²) < 4.78 is 2.07. The molecule has 0 amide bonds. The van der Waals surface area contributed by atoms with Crippen molar-refractivity contribution in [3.63, 3.8) is 0 Å². The molecule has 0 radical (unpaired) electrons. The number of halogens is 1. The quantitative estimate of drug-likeness (QED) is 0.800. The van der Waals surface area contributed by atoms with Crippen LogP contribution in [0.15, 0.2) is 12.7 Å². The van der Waals surface area contributed by atoms with Gasteiger partial charge in [-0.05, 0) is 6.42 Å². The predicted octanol–water partition coefficient (Wildman–Crippen LogP) is 1.69. The third-order valence-electron chi connectivity index (χ3n) is 3.31. The SMILES string of the molecule is CCCc1c(Cl)ncnc1N1CCn2cnnc2C1. The van der Waals surface area contributed by atoms with E-state index in [4.69, 9.17) is 11.6 Å². The molecule has 19 heavy (non-hydrogen) atoms. The van der Waals surface area contributed by atoms with Crippen LogP contribution in [0.25, 0.3) is 0 Å². The summed E-state index contributed by atoms with van der Waals surface area (Å²) in [5, 5.41) is 8.62. The van der Waals surface area contributed by atoms with E-state index in [0.717, 1.165) is 43.1 Å². The van der Waals surface area contributed by atoms with Gasteiger partial charge in [0, 0.05) is 18.7 Å². The Hall–Kier alpha value is -1.69. The van der Waals surface area contributed by atoms with Crippen molar-refractivity contribution in [2.45, 2.75) is 32.9 Å². The van der Waals surface area contributed by atoms with Crippen LogP contribution in [0.2, 0.25) is 5.15 Å². The van der Waals surface area contributed by atoms with Gasteiger partial charge >= 0.3 is 0 Å². The van der Waals surface area contributed by atoms with Gasteiger partial charge in [0.25, 0.3) is 0 Å². The summed E-state index contributed by atoms with van der Waals surface area (Å²) in [4.78, 5) is 10.7. The first-order chi connectivity index (χ1) is 9.29. The van der Waals surface area contributed by atoms with Gasteiger partial charge in [-0.25, -0.2) is 9.97 Å². The molecular weight excluding hydrogens is 264 g/mol. The molecule has 0 N–H and O–H groups in total. The molecule has 0 fully saturated rings. The fourth-order valence-corrected chi connectivity index (χ4v) is 2.59. The molecule has 0 atom stereocenters. The second kappa shape index (κ2) is 5.13. The molecule has 0 spiro atoms. The molecule has 0 aromatic carbocycles. The predicted molar refractivity (Wildman–Crippen MR) is 72.1 cm³/mol. The van der Waals surface area contributed by atoms with Crippen LogP contribution in [-0.4, -0.2) is 31.3 Å². The Balaban J connectivity index is 1.93. The maximum atomic E-state index is 6.20. The molecule has 0 saturated heterocycles. The normalized spacial score (nSPS) is 14.5. The lowest BCUT2D eigenvalue weighted by Crippen LogP contribution is -2.35.